The second-order valence-corrected chi connectivity index (χ2v) is 6.19. The molecule has 0 unspecified atom stereocenters. The van der Waals surface area contributed by atoms with Crippen LogP contribution in [0.4, 0.5) is 0 Å². The van der Waals surface area contributed by atoms with Gasteiger partial charge in [0.2, 0.25) is 0 Å². The van der Waals surface area contributed by atoms with Crippen molar-refractivity contribution in [2.45, 2.75) is 7.43 Å². The number of aromatic nitrogens is 4. The van der Waals surface area contributed by atoms with E-state index in [-0.39, 0.29) is 13.1 Å². The molecule has 4 aromatic rings. The number of aromatic amines is 2. The summed E-state index contributed by atoms with van der Waals surface area (Å²) in [6, 6.07) is 3.28. The van der Waals surface area contributed by atoms with Crippen LogP contribution < -0.4 is 0 Å². The maximum atomic E-state index is 10.6. The standard InChI is InChI=1S/C6H3ClN2OS.C6H4N2O2S.CH4/c7-5(10)3-1-4-6(9-3)8-2-11-4;9-6(10)3-1-4-5(8-3)7-2-11-4;/h1-2,9H;1-2,8H,(H,9,10);1H4. The number of carbonyl (C=O) groups is 2. The Kier molecular flexibility index (Phi) is 5.14. The highest BCUT2D eigenvalue weighted by Gasteiger charge is 2.08. The quantitative estimate of drug-likeness (QED) is 0.462. The summed E-state index contributed by atoms with van der Waals surface area (Å²) in [5, 5.41) is 8.07. The van der Waals surface area contributed by atoms with Crippen LogP contribution in [-0.4, -0.2) is 36.3 Å². The van der Waals surface area contributed by atoms with Crippen molar-refractivity contribution in [3.8, 4) is 0 Å². The van der Waals surface area contributed by atoms with Gasteiger partial charge in [-0.25, -0.2) is 14.8 Å². The summed E-state index contributed by atoms with van der Waals surface area (Å²) in [6.45, 7) is 0. The number of carboxylic acids is 1. The van der Waals surface area contributed by atoms with Crippen LogP contribution in [0.25, 0.3) is 20.7 Å². The first-order chi connectivity index (χ1) is 10.5. The third-order valence-electron chi connectivity index (χ3n) is 2.69. The number of aromatic carboxylic acids is 1. The van der Waals surface area contributed by atoms with E-state index < -0.39 is 11.2 Å². The Labute approximate surface area is 143 Å². The SMILES string of the molecule is C.O=C(Cl)c1cc2scnc2[nH]1.O=C(O)c1cc2scnc2[nH]1. The van der Waals surface area contributed by atoms with Gasteiger partial charge in [0.25, 0.3) is 5.24 Å². The largest absolute Gasteiger partial charge is 0.477 e. The minimum atomic E-state index is -0.949. The number of fused-ring (bicyclic) bond motifs is 2. The fourth-order valence-corrected chi connectivity index (χ4v) is 3.16. The van der Waals surface area contributed by atoms with Crippen molar-refractivity contribution in [2.75, 3.05) is 0 Å². The molecule has 3 N–H and O–H groups in total. The van der Waals surface area contributed by atoms with Gasteiger partial charge in [-0.15, -0.1) is 22.7 Å². The van der Waals surface area contributed by atoms with Crippen LogP contribution in [0, 0.1) is 0 Å². The van der Waals surface area contributed by atoms with Crippen LogP contribution >= 0.6 is 34.3 Å². The lowest BCUT2D eigenvalue weighted by Gasteiger charge is -1.82. The molecule has 0 radical (unpaired) electrons. The molecule has 0 bridgehead atoms. The number of carboxylic acid groups (broad SMARTS) is 1. The molecule has 0 aliphatic rings. The van der Waals surface area contributed by atoms with Gasteiger partial charge in [-0.2, -0.15) is 0 Å². The molecule has 4 rings (SSSR count). The summed E-state index contributed by atoms with van der Waals surface area (Å²) in [5.74, 6) is -0.949. The summed E-state index contributed by atoms with van der Waals surface area (Å²) >= 11 is 8.13. The molecule has 120 valence electrons. The van der Waals surface area contributed by atoms with E-state index >= 15 is 0 Å². The van der Waals surface area contributed by atoms with Gasteiger partial charge < -0.3 is 15.1 Å². The molecule has 0 amide bonds. The van der Waals surface area contributed by atoms with Gasteiger partial charge in [0.05, 0.1) is 20.4 Å². The number of H-pyrrole nitrogens is 2. The minimum Gasteiger partial charge on any atom is -0.477 e. The monoisotopic (exact) mass is 370 g/mol. The molecule has 0 saturated carbocycles. The van der Waals surface area contributed by atoms with Crippen molar-refractivity contribution < 1.29 is 14.7 Å². The first-order valence-corrected chi connectivity index (χ1v) is 7.96. The van der Waals surface area contributed by atoms with Crippen LogP contribution in [0.2, 0.25) is 0 Å². The van der Waals surface area contributed by atoms with Crippen molar-refractivity contribution in [1.82, 2.24) is 19.9 Å². The van der Waals surface area contributed by atoms with E-state index in [0.717, 1.165) is 15.0 Å². The van der Waals surface area contributed by atoms with Crippen molar-refractivity contribution in [3.05, 3.63) is 34.5 Å². The van der Waals surface area contributed by atoms with Crippen molar-refractivity contribution in [3.63, 3.8) is 0 Å². The predicted molar refractivity (Wildman–Crippen MR) is 91.8 cm³/mol. The van der Waals surface area contributed by atoms with E-state index in [0.29, 0.717) is 11.3 Å². The summed E-state index contributed by atoms with van der Waals surface area (Å²) in [6.07, 6.45) is 0. The maximum Gasteiger partial charge on any atom is 0.352 e. The number of halogens is 1. The zero-order chi connectivity index (χ0) is 15.7. The molecule has 7 nitrogen and oxygen atoms in total. The number of hydrogen-bond donors (Lipinski definition) is 3. The molecule has 0 aliphatic heterocycles. The van der Waals surface area contributed by atoms with E-state index in [9.17, 15) is 9.59 Å². The Morgan fingerprint density at radius 2 is 1.48 bits per heavy atom. The van der Waals surface area contributed by atoms with Crippen LogP contribution in [0.5, 0.6) is 0 Å². The van der Waals surface area contributed by atoms with Crippen LogP contribution in [0.1, 0.15) is 28.4 Å². The van der Waals surface area contributed by atoms with Gasteiger partial charge in [-0.05, 0) is 23.7 Å². The molecule has 0 fully saturated rings. The second-order valence-electron chi connectivity index (χ2n) is 4.08. The zero-order valence-electron chi connectivity index (χ0n) is 10.7. The van der Waals surface area contributed by atoms with Crippen LogP contribution in [0.3, 0.4) is 0 Å². The normalized spacial score (nSPS) is 10.1. The van der Waals surface area contributed by atoms with Gasteiger partial charge >= 0.3 is 5.97 Å². The molecule has 0 atom stereocenters. The van der Waals surface area contributed by atoms with E-state index in [4.69, 9.17) is 16.7 Å². The lowest BCUT2D eigenvalue weighted by molar-refractivity contribution is 0.0691. The van der Waals surface area contributed by atoms with E-state index in [1.807, 2.05) is 0 Å². The number of thiazole rings is 2. The molecule has 4 heterocycles. The molecule has 0 spiro atoms. The maximum absolute atomic E-state index is 10.6. The number of nitrogens with one attached hydrogen (secondary N) is 2. The molecular formula is C13H11ClN4O3S2. The van der Waals surface area contributed by atoms with Gasteiger partial charge in [0.1, 0.15) is 22.7 Å². The number of hydrogen-bond acceptors (Lipinski definition) is 6. The Balaban J connectivity index is 0.000000160. The van der Waals surface area contributed by atoms with Crippen LogP contribution in [-0.2, 0) is 0 Å². The van der Waals surface area contributed by atoms with Gasteiger partial charge in [-0.3, -0.25) is 4.79 Å². The van der Waals surface area contributed by atoms with Crippen molar-refractivity contribution >= 4 is 66.2 Å². The van der Waals surface area contributed by atoms with Gasteiger partial charge in [-0.1, -0.05) is 7.43 Å². The van der Waals surface area contributed by atoms with E-state index in [1.165, 1.54) is 22.7 Å². The Morgan fingerprint density at radius 3 is 1.91 bits per heavy atom. The Bertz CT molecular complexity index is 832. The van der Waals surface area contributed by atoms with E-state index in [1.54, 1.807) is 23.2 Å². The highest BCUT2D eigenvalue weighted by Crippen LogP contribution is 2.19. The number of carbonyl (C=O) groups excluding carboxylic acids is 1. The zero-order valence-corrected chi connectivity index (χ0v) is 13.1. The van der Waals surface area contributed by atoms with Crippen LogP contribution in [0.15, 0.2) is 23.2 Å². The lowest BCUT2D eigenvalue weighted by Crippen LogP contribution is -1.94. The molecule has 4 aromatic heterocycles. The summed E-state index contributed by atoms with van der Waals surface area (Å²) < 4.78 is 1.83. The highest BCUT2D eigenvalue weighted by molar-refractivity contribution is 7.17. The molecule has 0 aromatic carbocycles. The fraction of sp³-hybridized carbons (Fsp3) is 0.0769. The Morgan fingerprint density at radius 1 is 1.00 bits per heavy atom. The third kappa shape index (κ3) is 3.58. The number of nitrogens with zero attached hydrogens (tertiary/aromatic N) is 2. The average Bonchev–Trinajstić information content (AvgIpc) is 3.18. The smallest absolute Gasteiger partial charge is 0.352 e. The highest BCUT2D eigenvalue weighted by atomic mass is 35.5. The second kappa shape index (κ2) is 6.90. The number of rotatable bonds is 2. The van der Waals surface area contributed by atoms with E-state index in [2.05, 4.69) is 19.9 Å². The summed E-state index contributed by atoms with van der Waals surface area (Å²) in [7, 11) is 0. The predicted octanol–water partition coefficient (Wildman–Crippen LogP) is 3.96. The van der Waals surface area contributed by atoms with Gasteiger partial charge in [0, 0.05) is 0 Å². The lowest BCUT2D eigenvalue weighted by atomic mass is 10.4. The van der Waals surface area contributed by atoms with Gasteiger partial charge in [0.15, 0.2) is 0 Å². The van der Waals surface area contributed by atoms with Crippen molar-refractivity contribution in [2.24, 2.45) is 0 Å². The molecular weight excluding hydrogens is 360 g/mol. The molecule has 10 heteroatoms. The topological polar surface area (TPSA) is 112 Å². The fourth-order valence-electron chi connectivity index (χ4n) is 1.71. The first kappa shape index (κ1) is 17.1. The average molecular weight is 371 g/mol. The first-order valence-electron chi connectivity index (χ1n) is 5.82. The minimum absolute atomic E-state index is 0. The molecule has 0 saturated heterocycles. The Hall–Kier alpha value is -2.23. The molecule has 23 heavy (non-hydrogen) atoms. The molecule has 0 aliphatic carbocycles. The summed E-state index contributed by atoms with van der Waals surface area (Å²) in [5.41, 5.74) is 5.35. The third-order valence-corrected chi connectivity index (χ3v) is 4.44. The van der Waals surface area contributed by atoms with Crippen molar-refractivity contribution in [1.29, 1.82) is 0 Å². The summed E-state index contributed by atoms with van der Waals surface area (Å²) in [4.78, 5) is 34.4.